The molecule has 2 N–H and O–H groups in total. The third-order valence-corrected chi connectivity index (χ3v) is 7.59. The number of hydrogen-bond acceptors (Lipinski definition) is 5. The van der Waals surface area contributed by atoms with Crippen LogP contribution in [0.1, 0.15) is 44.6 Å². The first-order chi connectivity index (χ1) is 15.2. The number of urea groups is 1. The van der Waals surface area contributed by atoms with Crippen LogP contribution in [0.2, 0.25) is 0 Å². The van der Waals surface area contributed by atoms with Gasteiger partial charge in [-0.2, -0.15) is 0 Å². The number of nitrogens with one attached hydrogen (secondary N) is 2. The van der Waals surface area contributed by atoms with Gasteiger partial charge >= 0.3 is 6.03 Å². The van der Waals surface area contributed by atoms with Gasteiger partial charge in [0.05, 0.1) is 17.9 Å². The minimum absolute atomic E-state index is 0.113. The first-order valence-electron chi connectivity index (χ1n) is 10.9. The number of halogens is 1. The molecule has 4 rings (SSSR count). The number of nitrogens with zero attached hydrogens (tertiary/aromatic N) is 1. The Balaban J connectivity index is 1.30. The maximum atomic E-state index is 14.1. The van der Waals surface area contributed by atoms with Crippen molar-refractivity contribution in [3.8, 4) is 5.75 Å². The summed E-state index contributed by atoms with van der Waals surface area (Å²) in [6.07, 6.45) is 7.12. The van der Waals surface area contributed by atoms with E-state index >= 15 is 0 Å². The fraction of sp³-hybridized carbons (Fsp3) is 0.545. The van der Waals surface area contributed by atoms with Crippen molar-refractivity contribution >= 4 is 22.0 Å². The summed E-state index contributed by atoms with van der Waals surface area (Å²) in [5, 5.41) is 2.23. The van der Waals surface area contributed by atoms with E-state index in [-0.39, 0.29) is 30.4 Å². The molecule has 10 heteroatoms. The molecule has 0 spiro atoms. The molecule has 1 atom stereocenters. The molecule has 1 aromatic carbocycles. The summed E-state index contributed by atoms with van der Waals surface area (Å²) >= 11 is 0. The lowest BCUT2D eigenvalue weighted by Gasteiger charge is -2.19. The van der Waals surface area contributed by atoms with Gasteiger partial charge in [0.25, 0.3) is 5.91 Å². The zero-order chi connectivity index (χ0) is 22.9. The Kier molecular flexibility index (Phi) is 6.26. The number of amides is 3. The topological polar surface area (TPSA) is 105 Å². The molecule has 0 bridgehead atoms. The van der Waals surface area contributed by atoms with Crippen LogP contribution in [0.15, 0.2) is 30.4 Å². The Labute approximate surface area is 187 Å². The number of carbonyl (C=O) groups is 2. The minimum atomic E-state index is -3.58. The molecule has 1 aliphatic heterocycles. The molecule has 1 saturated heterocycles. The molecule has 1 heterocycles. The van der Waals surface area contributed by atoms with Crippen LogP contribution in [0.5, 0.6) is 5.75 Å². The van der Waals surface area contributed by atoms with Crippen molar-refractivity contribution in [2.45, 2.75) is 50.6 Å². The summed E-state index contributed by atoms with van der Waals surface area (Å²) in [6, 6.07) is 3.56. The maximum absolute atomic E-state index is 14.1. The second-order valence-corrected chi connectivity index (χ2v) is 10.6. The van der Waals surface area contributed by atoms with Crippen LogP contribution < -0.4 is 14.8 Å². The molecule has 8 nitrogen and oxygen atoms in total. The van der Waals surface area contributed by atoms with Gasteiger partial charge in [-0.3, -0.25) is 10.1 Å². The highest BCUT2D eigenvalue weighted by molar-refractivity contribution is 7.89. The molecule has 3 fully saturated rings. The van der Waals surface area contributed by atoms with Gasteiger partial charge in [0, 0.05) is 6.54 Å². The normalized spacial score (nSPS) is 22.4. The lowest BCUT2D eigenvalue weighted by molar-refractivity contribution is -0.120. The van der Waals surface area contributed by atoms with Crippen molar-refractivity contribution in [1.82, 2.24) is 14.9 Å². The number of hydrogen-bond donors (Lipinski definition) is 2. The van der Waals surface area contributed by atoms with Crippen LogP contribution in [0.3, 0.4) is 0 Å². The van der Waals surface area contributed by atoms with Gasteiger partial charge in [0.1, 0.15) is 6.04 Å². The van der Waals surface area contributed by atoms with E-state index in [2.05, 4.69) is 10.0 Å². The Hall–Kier alpha value is -2.46. The number of benzene rings is 1. The van der Waals surface area contributed by atoms with Crippen LogP contribution >= 0.6 is 0 Å². The van der Waals surface area contributed by atoms with Gasteiger partial charge in [-0.1, -0.05) is 18.2 Å². The number of allylic oxidation sites excluding steroid dienone is 1. The SMILES string of the molecule is CC1C(=O)NC(=O)N1C/C=C/CCS(=O)(=O)NC1(c2ccc(F)c(OCC3CC3)c2)CC1. The smallest absolute Gasteiger partial charge is 0.325 e. The van der Waals surface area contributed by atoms with Gasteiger partial charge in [-0.15, -0.1) is 0 Å². The van der Waals surface area contributed by atoms with Crippen molar-refractivity contribution in [2.75, 3.05) is 18.9 Å². The summed E-state index contributed by atoms with van der Waals surface area (Å²) in [4.78, 5) is 24.5. The Bertz CT molecular complexity index is 1030. The van der Waals surface area contributed by atoms with Crippen LogP contribution in [-0.2, 0) is 20.4 Å². The zero-order valence-corrected chi connectivity index (χ0v) is 18.8. The van der Waals surface area contributed by atoms with Gasteiger partial charge in [-0.25, -0.2) is 22.3 Å². The Morgan fingerprint density at radius 2 is 2.03 bits per heavy atom. The average Bonchev–Trinajstić information content (AvgIpc) is 3.65. The standard InChI is InChI=1S/C22H28FN3O5S/c1-15-20(27)24-21(28)26(15)11-3-2-4-12-32(29,30)25-22(9-10-22)17-7-8-18(23)19(13-17)31-14-16-5-6-16/h2-3,7-8,13,15-16,25H,4-6,9-12,14H2,1H3,(H,24,27,28)/b3-2+. The second kappa shape index (κ2) is 8.82. The van der Waals surface area contributed by atoms with Crippen molar-refractivity contribution in [3.05, 3.63) is 41.7 Å². The van der Waals surface area contributed by atoms with E-state index < -0.39 is 33.5 Å². The van der Waals surface area contributed by atoms with Gasteiger partial charge in [-0.05, 0) is 62.6 Å². The van der Waals surface area contributed by atoms with E-state index in [4.69, 9.17) is 4.74 Å². The molecule has 2 aliphatic carbocycles. The van der Waals surface area contributed by atoms with Crippen molar-refractivity contribution in [3.63, 3.8) is 0 Å². The van der Waals surface area contributed by atoms with Crippen LogP contribution in [0, 0.1) is 11.7 Å². The predicted octanol–water partition coefficient (Wildman–Crippen LogP) is 2.41. The first-order valence-corrected chi connectivity index (χ1v) is 12.6. The third kappa shape index (κ3) is 5.29. The summed E-state index contributed by atoms with van der Waals surface area (Å²) in [5.41, 5.74) is -0.000279. The molecule has 0 radical (unpaired) electrons. The van der Waals surface area contributed by atoms with Gasteiger partial charge in [0.2, 0.25) is 10.0 Å². The number of carbonyl (C=O) groups excluding carboxylic acids is 2. The first kappa shape index (κ1) is 22.7. The van der Waals surface area contributed by atoms with Gasteiger partial charge in [0.15, 0.2) is 11.6 Å². The quantitative estimate of drug-likeness (QED) is 0.386. The van der Waals surface area contributed by atoms with E-state index in [0.717, 1.165) is 12.8 Å². The largest absolute Gasteiger partial charge is 0.490 e. The summed E-state index contributed by atoms with van der Waals surface area (Å²) in [5.74, 6) is -0.241. The molecule has 3 aliphatic rings. The molecule has 1 aromatic rings. The second-order valence-electron chi connectivity index (χ2n) is 8.79. The summed E-state index contributed by atoms with van der Waals surface area (Å²) in [7, 11) is -3.58. The molecule has 2 saturated carbocycles. The van der Waals surface area contributed by atoms with E-state index in [0.29, 0.717) is 30.9 Å². The molecule has 0 aromatic heterocycles. The van der Waals surface area contributed by atoms with Crippen molar-refractivity contribution in [2.24, 2.45) is 5.92 Å². The summed E-state index contributed by atoms with van der Waals surface area (Å²) < 4.78 is 47.7. The van der Waals surface area contributed by atoms with Gasteiger partial charge < -0.3 is 9.64 Å². The maximum Gasteiger partial charge on any atom is 0.325 e. The van der Waals surface area contributed by atoms with Crippen molar-refractivity contribution < 1.29 is 27.1 Å². The van der Waals surface area contributed by atoms with E-state index in [1.807, 2.05) is 0 Å². The third-order valence-electron chi connectivity index (χ3n) is 6.12. The highest BCUT2D eigenvalue weighted by Crippen LogP contribution is 2.47. The lowest BCUT2D eigenvalue weighted by atomic mass is 10.1. The minimum Gasteiger partial charge on any atom is -0.490 e. The number of sulfonamides is 1. The molecular formula is C22H28FN3O5S. The predicted molar refractivity (Wildman–Crippen MR) is 116 cm³/mol. The fourth-order valence-corrected chi connectivity index (χ4v) is 5.16. The lowest BCUT2D eigenvalue weighted by Crippen LogP contribution is -2.36. The molecule has 3 amide bonds. The Morgan fingerprint density at radius 1 is 1.28 bits per heavy atom. The molecule has 174 valence electrons. The van der Waals surface area contributed by atoms with Crippen LogP contribution in [-0.4, -0.2) is 50.2 Å². The number of imide groups is 1. The molecular weight excluding hydrogens is 437 g/mol. The Morgan fingerprint density at radius 3 is 2.66 bits per heavy atom. The average molecular weight is 466 g/mol. The highest BCUT2D eigenvalue weighted by atomic mass is 32.2. The van der Waals surface area contributed by atoms with Crippen molar-refractivity contribution in [1.29, 1.82) is 0 Å². The molecule has 32 heavy (non-hydrogen) atoms. The number of ether oxygens (including phenoxy) is 1. The fourth-order valence-electron chi connectivity index (χ4n) is 3.70. The highest BCUT2D eigenvalue weighted by Gasteiger charge is 2.47. The van der Waals surface area contributed by atoms with Crippen LogP contribution in [0.4, 0.5) is 9.18 Å². The molecule has 1 unspecified atom stereocenters. The number of rotatable bonds is 11. The van der Waals surface area contributed by atoms with E-state index in [1.54, 1.807) is 31.2 Å². The summed E-state index contributed by atoms with van der Waals surface area (Å²) in [6.45, 7) is 2.35. The zero-order valence-electron chi connectivity index (χ0n) is 18.0. The van der Waals surface area contributed by atoms with Crippen LogP contribution in [0.25, 0.3) is 0 Å². The monoisotopic (exact) mass is 465 g/mol. The van der Waals surface area contributed by atoms with E-state index in [9.17, 15) is 22.4 Å². The van der Waals surface area contributed by atoms with E-state index in [1.165, 1.54) is 11.0 Å².